The van der Waals surface area contributed by atoms with Gasteiger partial charge in [-0.1, -0.05) is 5.22 Å². The highest BCUT2D eigenvalue weighted by molar-refractivity contribution is 5.88. The van der Waals surface area contributed by atoms with Crippen LogP contribution >= 0.6 is 0 Å². The number of nitrogens with two attached hydrogens (primary N) is 1. The lowest BCUT2D eigenvalue weighted by molar-refractivity contribution is -0.172. The van der Waals surface area contributed by atoms with Crippen molar-refractivity contribution in [2.75, 3.05) is 19.8 Å². The SMILES string of the molecule is CN(C)N=Nc1c(N)ncn1OC(=O)CC(O)(CC(=O)O)C(=O)O. The Morgan fingerprint density at radius 2 is 2.00 bits per heavy atom. The highest BCUT2D eigenvalue weighted by Gasteiger charge is 2.41. The second kappa shape index (κ2) is 7.36. The molecule has 1 aromatic heterocycles. The molecule has 0 radical (unpaired) electrons. The summed E-state index contributed by atoms with van der Waals surface area (Å²) in [4.78, 5) is 41.8. The number of nitrogen functional groups attached to an aromatic ring is 1. The van der Waals surface area contributed by atoms with Crippen LogP contribution in [0.15, 0.2) is 16.7 Å². The maximum atomic E-state index is 11.8. The number of carboxylic acid groups (broad SMARTS) is 2. The minimum absolute atomic E-state index is 0.118. The normalized spacial score (nSPS) is 13.5. The van der Waals surface area contributed by atoms with Crippen LogP contribution in [-0.2, 0) is 14.4 Å². The second-order valence-electron chi connectivity index (χ2n) is 4.86. The maximum Gasteiger partial charge on any atom is 0.336 e. The Morgan fingerprint density at radius 1 is 1.38 bits per heavy atom. The smallest absolute Gasteiger partial charge is 0.336 e. The molecule has 5 N–H and O–H groups in total. The molecular weight excluding hydrogens is 328 g/mol. The molecule has 1 unspecified atom stereocenters. The summed E-state index contributed by atoms with van der Waals surface area (Å²) < 4.78 is 0.716. The zero-order valence-corrected chi connectivity index (χ0v) is 12.8. The molecule has 1 aromatic rings. The third-order valence-electron chi connectivity index (χ3n) is 2.54. The molecule has 0 amide bonds. The van der Waals surface area contributed by atoms with E-state index in [4.69, 9.17) is 20.8 Å². The van der Waals surface area contributed by atoms with E-state index in [0.717, 1.165) is 6.33 Å². The minimum atomic E-state index is -2.82. The van der Waals surface area contributed by atoms with Crippen molar-refractivity contribution >= 4 is 29.5 Å². The number of rotatable bonds is 8. The van der Waals surface area contributed by atoms with Crippen molar-refractivity contribution in [1.29, 1.82) is 0 Å². The molecule has 0 bridgehead atoms. The highest BCUT2D eigenvalue weighted by Crippen LogP contribution is 2.21. The number of anilines is 1. The molecule has 0 saturated carbocycles. The number of hydrogen-bond acceptors (Lipinski definition) is 9. The number of aromatic nitrogens is 2. The fraction of sp³-hybridized carbons (Fsp3) is 0.455. The van der Waals surface area contributed by atoms with Crippen molar-refractivity contribution in [2.45, 2.75) is 18.4 Å². The van der Waals surface area contributed by atoms with Crippen molar-refractivity contribution in [1.82, 2.24) is 14.7 Å². The molecule has 13 heteroatoms. The number of carbonyl (C=O) groups excluding carboxylic acids is 1. The van der Waals surface area contributed by atoms with Crippen molar-refractivity contribution in [3.8, 4) is 0 Å². The zero-order chi connectivity index (χ0) is 18.5. The molecular formula is C11H16N6O7. The highest BCUT2D eigenvalue weighted by atomic mass is 16.7. The van der Waals surface area contributed by atoms with Gasteiger partial charge in [0, 0.05) is 14.1 Å². The molecule has 24 heavy (non-hydrogen) atoms. The first-order valence-corrected chi connectivity index (χ1v) is 6.35. The van der Waals surface area contributed by atoms with Crippen LogP contribution < -0.4 is 10.6 Å². The molecule has 0 saturated heterocycles. The van der Waals surface area contributed by atoms with E-state index in [2.05, 4.69) is 15.3 Å². The van der Waals surface area contributed by atoms with Gasteiger partial charge < -0.3 is 25.9 Å². The lowest BCUT2D eigenvalue weighted by atomic mass is 9.96. The molecule has 0 aromatic carbocycles. The third-order valence-corrected chi connectivity index (χ3v) is 2.54. The van der Waals surface area contributed by atoms with Gasteiger partial charge in [0.2, 0.25) is 5.82 Å². The van der Waals surface area contributed by atoms with Crippen LogP contribution in [0, 0.1) is 0 Å². The average Bonchev–Trinajstić information content (AvgIpc) is 2.75. The summed E-state index contributed by atoms with van der Waals surface area (Å²) in [5.41, 5.74) is 2.71. The van der Waals surface area contributed by atoms with Crippen LogP contribution in [0.3, 0.4) is 0 Å². The first-order chi connectivity index (χ1) is 11.0. The van der Waals surface area contributed by atoms with Gasteiger partial charge in [-0.2, -0.15) is 0 Å². The van der Waals surface area contributed by atoms with E-state index in [-0.39, 0.29) is 11.6 Å². The summed E-state index contributed by atoms with van der Waals surface area (Å²) in [5, 5.41) is 36.0. The molecule has 132 valence electrons. The van der Waals surface area contributed by atoms with E-state index >= 15 is 0 Å². The van der Waals surface area contributed by atoms with E-state index in [1.807, 2.05) is 0 Å². The topological polar surface area (TPSA) is 193 Å². The lowest BCUT2D eigenvalue weighted by Crippen LogP contribution is -2.44. The van der Waals surface area contributed by atoms with Gasteiger partial charge in [-0.05, 0) is 0 Å². The van der Waals surface area contributed by atoms with E-state index < -0.39 is 36.4 Å². The molecule has 1 atom stereocenters. The van der Waals surface area contributed by atoms with Crippen LogP contribution in [0.1, 0.15) is 12.8 Å². The average molecular weight is 344 g/mol. The molecule has 13 nitrogen and oxygen atoms in total. The first-order valence-electron chi connectivity index (χ1n) is 6.35. The predicted octanol–water partition coefficient (Wildman–Crippen LogP) is -1.34. The van der Waals surface area contributed by atoms with Crippen LogP contribution in [-0.4, -0.2) is 67.6 Å². The van der Waals surface area contributed by atoms with Gasteiger partial charge >= 0.3 is 17.9 Å². The van der Waals surface area contributed by atoms with Crippen molar-refractivity contribution in [2.24, 2.45) is 10.3 Å². The molecule has 1 heterocycles. The Morgan fingerprint density at radius 3 is 2.50 bits per heavy atom. The summed E-state index contributed by atoms with van der Waals surface area (Å²) in [7, 11) is 3.15. The van der Waals surface area contributed by atoms with Crippen molar-refractivity contribution < 1.29 is 34.5 Å². The lowest BCUT2D eigenvalue weighted by Gasteiger charge is -2.20. The summed E-state index contributed by atoms with van der Waals surface area (Å²) in [6.07, 6.45) is -1.32. The molecule has 1 rings (SSSR count). The molecule has 0 aliphatic carbocycles. The Labute approximate surface area is 134 Å². The standard InChI is InChI=1S/C11H16N6O7/c1-16(2)15-14-9-8(12)13-5-17(9)24-7(20)4-11(23,10(21)22)3-6(18)19/h5,23H,3-4,12H2,1-2H3,(H,18,19)(H,21,22). The molecule has 0 aliphatic heterocycles. The van der Waals surface area contributed by atoms with Gasteiger partial charge in [0.1, 0.15) is 6.33 Å². The third kappa shape index (κ3) is 4.91. The van der Waals surface area contributed by atoms with Crippen LogP contribution in [0.5, 0.6) is 0 Å². The number of carbonyl (C=O) groups is 3. The fourth-order valence-corrected chi connectivity index (χ4v) is 1.48. The Bertz CT molecular complexity index is 670. The van der Waals surface area contributed by atoms with E-state index in [1.165, 1.54) is 5.01 Å². The van der Waals surface area contributed by atoms with Gasteiger partial charge in [0.25, 0.3) is 0 Å². The van der Waals surface area contributed by atoms with Gasteiger partial charge in [-0.25, -0.2) is 14.6 Å². The van der Waals surface area contributed by atoms with Crippen LogP contribution in [0.4, 0.5) is 11.6 Å². The summed E-state index contributed by atoms with van der Waals surface area (Å²) in [6, 6.07) is 0. The van der Waals surface area contributed by atoms with E-state index in [1.54, 1.807) is 14.1 Å². The largest absolute Gasteiger partial charge is 0.481 e. The molecule has 0 spiro atoms. The van der Waals surface area contributed by atoms with Crippen LogP contribution in [0.25, 0.3) is 0 Å². The Balaban J connectivity index is 2.92. The number of imidazole rings is 1. The second-order valence-corrected chi connectivity index (χ2v) is 4.86. The molecule has 0 aliphatic rings. The number of carboxylic acids is 2. The van der Waals surface area contributed by atoms with Crippen molar-refractivity contribution in [3.05, 3.63) is 6.33 Å². The first kappa shape index (κ1) is 18.8. The zero-order valence-electron chi connectivity index (χ0n) is 12.8. The van der Waals surface area contributed by atoms with Crippen LogP contribution in [0.2, 0.25) is 0 Å². The monoisotopic (exact) mass is 344 g/mol. The predicted molar refractivity (Wildman–Crippen MR) is 75.9 cm³/mol. The summed E-state index contributed by atoms with van der Waals surface area (Å²) in [6.45, 7) is 0. The van der Waals surface area contributed by atoms with Gasteiger partial charge in [-0.3, -0.25) is 9.80 Å². The Kier molecular flexibility index (Phi) is 5.78. The van der Waals surface area contributed by atoms with Gasteiger partial charge in [-0.15, -0.1) is 9.84 Å². The number of hydrogen-bond donors (Lipinski definition) is 4. The number of aliphatic carboxylic acids is 2. The number of nitrogens with zero attached hydrogens (tertiary/aromatic N) is 5. The maximum absolute atomic E-state index is 11.8. The Hall–Kier alpha value is -3.22. The summed E-state index contributed by atoms with van der Waals surface area (Å²) >= 11 is 0. The van der Waals surface area contributed by atoms with E-state index in [9.17, 15) is 19.5 Å². The minimum Gasteiger partial charge on any atom is -0.481 e. The van der Waals surface area contributed by atoms with E-state index in [0.29, 0.717) is 4.73 Å². The quantitative estimate of drug-likeness (QED) is 0.324. The van der Waals surface area contributed by atoms with Gasteiger partial charge in [0.15, 0.2) is 11.4 Å². The van der Waals surface area contributed by atoms with Gasteiger partial charge in [0.05, 0.1) is 12.8 Å². The number of aliphatic hydroxyl groups is 1. The fourth-order valence-electron chi connectivity index (χ4n) is 1.48. The van der Waals surface area contributed by atoms with Crippen molar-refractivity contribution in [3.63, 3.8) is 0 Å². The summed E-state index contributed by atoms with van der Waals surface area (Å²) in [5.74, 6) is -4.97. The molecule has 0 fully saturated rings.